The fraction of sp³-hybridized carbons (Fsp3) is 0.250. The Balaban J connectivity index is 1.50. The van der Waals surface area contributed by atoms with Crippen LogP contribution in [-0.2, 0) is 24.0 Å². The predicted molar refractivity (Wildman–Crippen MR) is 112 cm³/mol. The number of rotatable bonds is 8. The topological polar surface area (TPSA) is 79.9 Å². The highest BCUT2D eigenvalue weighted by atomic mass is 35.5. The summed E-state index contributed by atoms with van der Waals surface area (Å²) >= 11 is 6.90. The van der Waals surface area contributed by atoms with Gasteiger partial charge in [-0.25, -0.2) is 4.98 Å². The van der Waals surface area contributed by atoms with Gasteiger partial charge in [0.25, 0.3) is 0 Å². The highest BCUT2D eigenvalue weighted by Gasteiger charge is 2.31. The lowest BCUT2D eigenvalue weighted by Crippen LogP contribution is -2.15. The molecule has 11 heteroatoms. The van der Waals surface area contributed by atoms with Crippen molar-refractivity contribution in [2.24, 2.45) is 0 Å². The van der Waals surface area contributed by atoms with Crippen LogP contribution in [0.5, 0.6) is 5.75 Å². The van der Waals surface area contributed by atoms with Crippen LogP contribution in [0, 0.1) is 0 Å². The SMILES string of the molecule is CCc1ccc(OCc2nc(SCC(=O)Nc3cc(C(F)(F)F)ccc3Cl)n[nH]2)cc1. The van der Waals surface area contributed by atoms with Crippen molar-refractivity contribution < 1.29 is 22.7 Å². The molecule has 0 saturated carbocycles. The molecule has 0 fully saturated rings. The summed E-state index contributed by atoms with van der Waals surface area (Å²) in [4.78, 5) is 16.3. The monoisotopic (exact) mass is 470 g/mol. The van der Waals surface area contributed by atoms with E-state index in [2.05, 4.69) is 27.4 Å². The Hall–Kier alpha value is -2.72. The minimum absolute atomic E-state index is 0.00986. The van der Waals surface area contributed by atoms with Crippen molar-refractivity contribution in [2.45, 2.75) is 31.3 Å². The van der Waals surface area contributed by atoms with Gasteiger partial charge >= 0.3 is 6.18 Å². The number of aromatic amines is 1. The zero-order chi connectivity index (χ0) is 22.4. The average molecular weight is 471 g/mol. The van der Waals surface area contributed by atoms with Crippen LogP contribution in [0.1, 0.15) is 23.9 Å². The third kappa shape index (κ3) is 6.63. The van der Waals surface area contributed by atoms with E-state index in [4.69, 9.17) is 16.3 Å². The van der Waals surface area contributed by atoms with Gasteiger partial charge in [-0.15, -0.1) is 5.10 Å². The number of H-pyrrole nitrogens is 1. The molecule has 0 atom stereocenters. The summed E-state index contributed by atoms with van der Waals surface area (Å²) in [5.41, 5.74) is 0.193. The maximum atomic E-state index is 12.8. The number of carbonyl (C=O) groups is 1. The molecule has 1 heterocycles. The number of benzene rings is 2. The van der Waals surface area contributed by atoms with Crippen LogP contribution in [0.15, 0.2) is 47.6 Å². The van der Waals surface area contributed by atoms with E-state index in [0.29, 0.717) is 16.7 Å². The maximum Gasteiger partial charge on any atom is 0.416 e. The predicted octanol–water partition coefficient (Wildman–Crippen LogP) is 5.35. The molecular formula is C20H18ClF3N4O2S. The summed E-state index contributed by atoms with van der Waals surface area (Å²) in [7, 11) is 0. The maximum absolute atomic E-state index is 12.8. The van der Waals surface area contributed by atoms with Crippen LogP contribution < -0.4 is 10.1 Å². The molecule has 0 bridgehead atoms. The third-order valence-electron chi connectivity index (χ3n) is 4.12. The zero-order valence-electron chi connectivity index (χ0n) is 16.3. The molecule has 1 aromatic heterocycles. The summed E-state index contributed by atoms with van der Waals surface area (Å²) < 4.78 is 44.1. The number of thioether (sulfide) groups is 1. The molecule has 0 saturated heterocycles. The number of carbonyl (C=O) groups excluding carboxylic acids is 1. The van der Waals surface area contributed by atoms with Crippen LogP contribution in [0.25, 0.3) is 0 Å². The number of aromatic nitrogens is 3. The number of nitrogens with zero attached hydrogens (tertiary/aromatic N) is 2. The Kier molecular flexibility index (Phi) is 7.45. The largest absolute Gasteiger partial charge is 0.486 e. The number of hydrogen-bond donors (Lipinski definition) is 2. The molecule has 6 nitrogen and oxygen atoms in total. The van der Waals surface area contributed by atoms with Crippen molar-refractivity contribution in [3.05, 3.63) is 64.4 Å². The lowest BCUT2D eigenvalue weighted by Gasteiger charge is -2.11. The van der Waals surface area contributed by atoms with Crippen LogP contribution in [0.4, 0.5) is 18.9 Å². The number of halogens is 4. The van der Waals surface area contributed by atoms with Gasteiger partial charge in [0.05, 0.1) is 22.0 Å². The second-order valence-corrected chi connectivity index (χ2v) is 7.73. The van der Waals surface area contributed by atoms with Gasteiger partial charge in [-0.1, -0.05) is 42.4 Å². The van der Waals surface area contributed by atoms with E-state index >= 15 is 0 Å². The Bertz CT molecular complexity index is 1040. The molecule has 3 rings (SSSR count). The number of aryl methyl sites for hydroxylation is 1. The van der Waals surface area contributed by atoms with Gasteiger partial charge < -0.3 is 10.1 Å². The van der Waals surface area contributed by atoms with Crippen molar-refractivity contribution in [3.8, 4) is 5.75 Å². The first-order valence-electron chi connectivity index (χ1n) is 9.17. The Morgan fingerprint density at radius 1 is 1.23 bits per heavy atom. The molecule has 3 aromatic rings. The summed E-state index contributed by atoms with van der Waals surface area (Å²) in [5.74, 6) is 0.525. The van der Waals surface area contributed by atoms with Crippen LogP contribution in [-0.4, -0.2) is 26.8 Å². The van der Waals surface area contributed by atoms with Crippen molar-refractivity contribution in [1.29, 1.82) is 0 Å². The van der Waals surface area contributed by atoms with E-state index in [1.165, 1.54) is 5.56 Å². The Morgan fingerprint density at radius 2 is 1.97 bits per heavy atom. The van der Waals surface area contributed by atoms with Crippen molar-refractivity contribution in [1.82, 2.24) is 15.2 Å². The second-order valence-electron chi connectivity index (χ2n) is 6.38. The van der Waals surface area contributed by atoms with Crippen molar-refractivity contribution in [2.75, 3.05) is 11.1 Å². The van der Waals surface area contributed by atoms with Gasteiger partial charge in [0.1, 0.15) is 12.4 Å². The summed E-state index contributed by atoms with van der Waals surface area (Å²) in [6.45, 7) is 2.24. The second kappa shape index (κ2) is 10.1. The molecular weight excluding hydrogens is 453 g/mol. The van der Waals surface area contributed by atoms with Gasteiger partial charge in [-0.3, -0.25) is 9.89 Å². The van der Waals surface area contributed by atoms with Gasteiger partial charge in [0.15, 0.2) is 5.82 Å². The number of alkyl halides is 3. The van der Waals surface area contributed by atoms with Crippen LogP contribution in [0.3, 0.4) is 0 Å². The summed E-state index contributed by atoms with van der Waals surface area (Å²) in [6.07, 6.45) is -3.59. The number of nitrogens with one attached hydrogen (secondary N) is 2. The van der Waals surface area contributed by atoms with Gasteiger partial charge in [-0.05, 0) is 42.3 Å². The smallest absolute Gasteiger partial charge is 0.416 e. The summed E-state index contributed by atoms with van der Waals surface area (Å²) in [6, 6.07) is 10.4. The standard InChI is InChI=1S/C20H18ClF3N4O2S/c1-2-12-3-6-14(7-4-12)30-10-17-26-19(28-27-17)31-11-18(29)25-16-9-13(20(22,23)24)5-8-15(16)21/h3-9H,2,10-11H2,1H3,(H,25,29)(H,26,27,28). The van der Waals surface area contributed by atoms with Gasteiger partial charge in [0.2, 0.25) is 11.1 Å². The Morgan fingerprint density at radius 3 is 2.65 bits per heavy atom. The molecule has 1 amide bonds. The van der Waals surface area contributed by atoms with E-state index < -0.39 is 17.6 Å². The molecule has 0 aliphatic heterocycles. The fourth-order valence-electron chi connectivity index (χ4n) is 2.49. The first-order chi connectivity index (χ1) is 14.7. The first-order valence-corrected chi connectivity index (χ1v) is 10.5. The summed E-state index contributed by atoms with van der Waals surface area (Å²) in [5, 5.41) is 9.41. The molecule has 164 valence electrons. The third-order valence-corrected chi connectivity index (χ3v) is 5.30. The van der Waals surface area contributed by atoms with E-state index in [-0.39, 0.29) is 23.1 Å². The molecule has 0 aliphatic rings. The number of hydrogen-bond acceptors (Lipinski definition) is 5. The molecule has 0 unspecified atom stereocenters. The first kappa shape index (κ1) is 23.0. The molecule has 2 N–H and O–H groups in total. The van der Waals surface area contributed by atoms with E-state index in [9.17, 15) is 18.0 Å². The highest BCUT2D eigenvalue weighted by Crippen LogP contribution is 2.33. The van der Waals surface area contributed by atoms with Crippen LogP contribution >= 0.6 is 23.4 Å². The molecule has 0 aliphatic carbocycles. The van der Waals surface area contributed by atoms with E-state index in [1.807, 2.05) is 24.3 Å². The minimum Gasteiger partial charge on any atom is -0.486 e. The minimum atomic E-state index is -4.53. The van der Waals surface area contributed by atoms with E-state index in [1.54, 1.807) is 0 Å². The average Bonchev–Trinajstić information content (AvgIpc) is 3.20. The van der Waals surface area contributed by atoms with Crippen molar-refractivity contribution in [3.63, 3.8) is 0 Å². The Labute approximate surface area is 185 Å². The highest BCUT2D eigenvalue weighted by molar-refractivity contribution is 7.99. The quantitative estimate of drug-likeness (QED) is 0.434. The fourth-order valence-corrected chi connectivity index (χ4v) is 3.28. The normalized spacial score (nSPS) is 11.4. The number of amides is 1. The van der Waals surface area contributed by atoms with Gasteiger partial charge in [0, 0.05) is 0 Å². The molecule has 2 aromatic carbocycles. The molecule has 0 spiro atoms. The molecule has 0 radical (unpaired) electrons. The zero-order valence-corrected chi connectivity index (χ0v) is 17.9. The lowest BCUT2D eigenvalue weighted by molar-refractivity contribution is -0.137. The number of ether oxygens (including phenoxy) is 1. The van der Waals surface area contributed by atoms with Crippen LogP contribution in [0.2, 0.25) is 5.02 Å². The number of anilines is 1. The lowest BCUT2D eigenvalue weighted by atomic mass is 10.2. The van der Waals surface area contributed by atoms with E-state index in [0.717, 1.165) is 36.4 Å². The van der Waals surface area contributed by atoms with Gasteiger partial charge in [-0.2, -0.15) is 13.2 Å². The molecule has 31 heavy (non-hydrogen) atoms. The van der Waals surface area contributed by atoms with Crippen molar-refractivity contribution >= 4 is 35.0 Å².